The quantitative estimate of drug-likeness (QED) is 0.137. The molecular formula is C31H38N4O9. The van der Waals surface area contributed by atoms with Crippen LogP contribution in [0.25, 0.3) is 0 Å². The first-order valence-electron chi connectivity index (χ1n) is 12.8. The van der Waals surface area contributed by atoms with Crippen molar-refractivity contribution >= 4 is 40.6 Å². The molecule has 0 aliphatic rings. The van der Waals surface area contributed by atoms with E-state index >= 15 is 0 Å². The molecule has 0 fully saturated rings. The Morgan fingerprint density at radius 2 is 1.27 bits per heavy atom. The third-order valence-electron chi connectivity index (χ3n) is 5.62. The van der Waals surface area contributed by atoms with Crippen LogP contribution in [-0.4, -0.2) is 41.9 Å². The average molecular weight is 611 g/mol. The van der Waals surface area contributed by atoms with E-state index in [9.17, 15) is 34.6 Å². The highest BCUT2D eigenvalue weighted by atomic mass is 16.6. The minimum atomic E-state index is -1.08. The van der Waals surface area contributed by atoms with Crippen molar-refractivity contribution in [1.29, 1.82) is 0 Å². The first-order chi connectivity index (χ1) is 20.0. The van der Waals surface area contributed by atoms with Crippen molar-refractivity contribution in [2.75, 3.05) is 25.3 Å². The van der Waals surface area contributed by atoms with E-state index in [1.807, 2.05) is 6.92 Å². The SMILES string of the molecule is C.CCCC(=O)Nc1ccc([N+](=O)[O-])cc1C#CC(C)(C)C(=O)OC.COC(=O)C(C)(C)C#Cc1cc([N+](=O)[O-])ccc1N. The van der Waals surface area contributed by atoms with E-state index in [1.165, 1.54) is 50.6 Å². The maximum Gasteiger partial charge on any atom is 0.323 e. The van der Waals surface area contributed by atoms with Crippen molar-refractivity contribution in [3.05, 3.63) is 67.8 Å². The Hall–Kier alpha value is -5.43. The predicted octanol–water partition coefficient (Wildman–Crippen LogP) is 5.25. The van der Waals surface area contributed by atoms with Gasteiger partial charge in [-0.15, -0.1) is 0 Å². The van der Waals surface area contributed by atoms with Crippen LogP contribution in [0.4, 0.5) is 22.7 Å². The lowest BCUT2D eigenvalue weighted by Crippen LogP contribution is -2.23. The Morgan fingerprint density at radius 3 is 1.70 bits per heavy atom. The lowest BCUT2D eigenvalue weighted by molar-refractivity contribution is -0.385. The first-order valence-corrected chi connectivity index (χ1v) is 12.8. The third kappa shape index (κ3) is 11.4. The number of esters is 2. The van der Waals surface area contributed by atoms with E-state index in [0.29, 0.717) is 29.8 Å². The fourth-order valence-corrected chi connectivity index (χ4v) is 3.12. The van der Waals surface area contributed by atoms with Gasteiger partial charge < -0.3 is 20.5 Å². The highest BCUT2D eigenvalue weighted by molar-refractivity contribution is 5.92. The zero-order valence-electron chi connectivity index (χ0n) is 25.0. The summed E-state index contributed by atoms with van der Waals surface area (Å²) in [6.07, 6.45) is 1.01. The number of nitrogens with one attached hydrogen (secondary N) is 1. The number of amides is 1. The molecular weight excluding hydrogens is 572 g/mol. The summed E-state index contributed by atoms with van der Waals surface area (Å²) in [5, 5.41) is 24.3. The molecule has 0 saturated heterocycles. The number of nitrogen functional groups attached to an aromatic ring is 1. The van der Waals surface area contributed by atoms with Crippen molar-refractivity contribution in [3.8, 4) is 23.7 Å². The molecule has 0 aromatic heterocycles. The van der Waals surface area contributed by atoms with Gasteiger partial charge in [-0.2, -0.15) is 0 Å². The maximum atomic E-state index is 11.8. The number of nitrogens with two attached hydrogens (primary N) is 1. The van der Waals surface area contributed by atoms with Crippen molar-refractivity contribution in [1.82, 2.24) is 0 Å². The number of nitro benzene ring substituents is 2. The van der Waals surface area contributed by atoms with Crippen LogP contribution in [0, 0.1) is 54.7 Å². The first kappa shape index (κ1) is 38.6. The summed E-state index contributed by atoms with van der Waals surface area (Å²) in [6, 6.07) is 7.97. The van der Waals surface area contributed by atoms with Gasteiger partial charge >= 0.3 is 11.9 Å². The number of nitro groups is 2. The Balaban J connectivity index is 0.000000843. The monoisotopic (exact) mass is 610 g/mol. The number of ether oxygens (including phenoxy) is 2. The average Bonchev–Trinajstić information content (AvgIpc) is 2.95. The van der Waals surface area contributed by atoms with Crippen LogP contribution >= 0.6 is 0 Å². The lowest BCUT2D eigenvalue weighted by atomic mass is 9.94. The Kier molecular flexibility index (Phi) is 14.8. The van der Waals surface area contributed by atoms with Gasteiger partial charge in [0.1, 0.15) is 10.8 Å². The minimum absolute atomic E-state index is 0. The zero-order chi connectivity index (χ0) is 33.0. The molecule has 13 nitrogen and oxygen atoms in total. The number of nitrogens with zero attached hydrogens (tertiary/aromatic N) is 2. The summed E-state index contributed by atoms with van der Waals surface area (Å²) in [5.74, 6) is 9.66. The topological polar surface area (TPSA) is 194 Å². The summed E-state index contributed by atoms with van der Waals surface area (Å²) in [7, 11) is 2.53. The van der Waals surface area contributed by atoms with E-state index in [-0.39, 0.29) is 30.3 Å². The van der Waals surface area contributed by atoms with Gasteiger partial charge in [-0.05, 0) is 46.2 Å². The van der Waals surface area contributed by atoms with E-state index in [4.69, 9.17) is 5.73 Å². The summed E-state index contributed by atoms with van der Waals surface area (Å²) in [6.45, 7) is 8.23. The number of carbonyl (C=O) groups excluding carboxylic acids is 3. The number of carbonyl (C=O) groups is 3. The fourth-order valence-electron chi connectivity index (χ4n) is 3.12. The van der Waals surface area contributed by atoms with Gasteiger partial charge in [0.25, 0.3) is 11.4 Å². The summed E-state index contributed by atoms with van der Waals surface area (Å²) >= 11 is 0. The largest absolute Gasteiger partial charge is 0.468 e. The fraction of sp³-hybridized carbons (Fsp3) is 0.387. The molecule has 44 heavy (non-hydrogen) atoms. The molecule has 2 aromatic carbocycles. The molecule has 13 heteroatoms. The molecule has 2 rings (SSSR count). The molecule has 1 amide bonds. The van der Waals surface area contributed by atoms with Crippen molar-refractivity contribution in [3.63, 3.8) is 0 Å². The summed E-state index contributed by atoms with van der Waals surface area (Å²) in [5.41, 5.74) is 4.61. The molecule has 0 unspecified atom stereocenters. The minimum Gasteiger partial charge on any atom is -0.468 e. The molecule has 0 aliphatic heterocycles. The Bertz CT molecular complexity index is 1520. The number of benzene rings is 2. The predicted molar refractivity (Wildman–Crippen MR) is 166 cm³/mol. The number of hydrogen-bond acceptors (Lipinski definition) is 10. The molecule has 0 aliphatic carbocycles. The van der Waals surface area contributed by atoms with Crippen LogP contribution in [0.2, 0.25) is 0 Å². The maximum absolute atomic E-state index is 11.8. The molecule has 2 aromatic rings. The highest BCUT2D eigenvalue weighted by Gasteiger charge is 2.27. The van der Waals surface area contributed by atoms with Gasteiger partial charge in [0.05, 0.1) is 40.9 Å². The second kappa shape index (κ2) is 16.9. The summed E-state index contributed by atoms with van der Waals surface area (Å²) in [4.78, 5) is 55.4. The molecule has 3 N–H and O–H groups in total. The van der Waals surface area contributed by atoms with Crippen LogP contribution in [0.5, 0.6) is 0 Å². The van der Waals surface area contributed by atoms with Crippen LogP contribution in [0.1, 0.15) is 66.0 Å². The van der Waals surface area contributed by atoms with Crippen molar-refractivity contribution in [2.45, 2.75) is 54.9 Å². The molecule has 0 heterocycles. The molecule has 0 saturated carbocycles. The number of hydrogen-bond donors (Lipinski definition) is 2. The number of non-ortho nitro benzene ring substituents is 2. The van der Waals surface area contributed by atoms with E-state index < -0.39 is 32.6 Å². The van der Waals surface area contributed by atoms with Gasteiger partial charge in [-0.1, -0.05) is 38.0 Å². The number of rotatable bonds is 7. The second-order valence-electron chi connectivity index (χ2n) is 10.0. The molecule has 0 spiro atoms. The third-order valence-corrected chi connectivity index (χ3v) is 5.62. The normalized spacial score (nSPS) is 10.1. The molecule has 0 radical (unpaired) electrons. The van der Waals surface area contributed by atoms with Crippen molar-refractivity contribution in [2.24, 2.45) is 10.8 Å². The molecule has 236 valence electrons. The van der Waals surface area contributed by atoms with Gasteiger partial charge in [-0.3, -0.25) is 34.6 Å². The standard InChI is InChI=1S/C17H20N2O5.C13H14N2O4.CH4/c1-5-6-15(20)18-14-8-7-13(19(22)23)11-12(14)9-10-17(2,3)16(21)24-4;1-13(2,12(16)19-3)7-6-9-8-10(15(17)18)4-5-11(9)14;/h7-8,11H,5-6H2,1-4H3,(H,18,20);4-5,8H,14H2,1-3H3;1H4. The van der Waals surface area contributed by atoms with Crippen LogP contribution in [-0.2, 0) is 23.9 Å². The Labute approximate surface area is 256 Å². The van der Waals surface area contributed by atoms with E-state index in [0.717, 1.165) is 0 Å². The smallest absolute Gasteiger partial charge is 0.323 e. The number of methoxy groups -OCH3 is 2. The summed E-state index contributed by atoms with van der Waals surface area (Å²) < 4.78 is 9.29. The van der Waals surface area contributed by atoms with Gasteiger partial charge in [0, 0.05) is 36.4 Å². The van der Waals surface area contributed by atoms with E-state index in [2.05, 4.69) is 38.5 Å². The van der Waals surface area contributed by atoms with Gasteiger partial charge in [-0.25, -0.2) is 0 Å². The van der Waals surface area contributed by atoms with Gasteiger partial charge in [0.15, 0.2) is 0 Å². The Morgan fingerprint density at radius 1 is 0.841 bits per heavy atom. The van der Waals surface area contributed by atoms with Gasteiger partial charge in [0.2, 0.25) is 5.91 Å². The number of anilines is 2. The van der Waals surface area contributed by atoms with Crippen LogP contribution < -0.4 is 11.1 Å². The second-order valence-corrected chi connectivity index (χ2v) is 10.0. The van der Waals surface area contributed by atoms with E-state index in [1.54, 1.807) is 27.7 Å². The van der Waals surface area contributed by atoms with Crippen molar-refractivity contribution < 1.29 is 33.7 Å². The lowest BCUT2D eigenvalue weighted by Gasteiger charge is -2.13. The van der Waals surface area contributed by atoms with Crippen LogP contribution in [0.15, 0.2) is 36.4 Å². The molecule has 0 bridgehead atoms. The zero-order valence-corrected chi connectivity index (χ0v) is 25.0. The van der Waals surface area contributed by atoms with Crippen LogP contribution in [0.3, 0.4) is 0 Å². The molecule has 0 atom stereocenters. The highest BCUT2D eigenvalue weighted by Crippen LogP contribution is 2.24.